The number of fused-ring (bicyclic) bond motifs is 7. The SMILES string of the molecule is COC[C@]1(C)C2CC[C@]3(C)[C@H](CC=C4[C@H]5CC(C)(C)CC[C@]5(C(=O)O)CC[C@]43C)[C@@]2(C)CC[C@@H]1O. The molecule has 0 heterocycles. The van der Waals surface area contributed by atoms with Crippen LogP contribution < -0.4 is 0 Å². The largest absolute Gasteiger partial charge is 0.481 e. The van der Waals surface area contributed by atoms with Crippen molar-refractivity contribution < 1.29 is 19.7 Å². The van der Waals surface area contributed by atoms with E-state index in [0.29, 0.717) is 18.4 Å². The third-order valence-electron chi connectivity index (χ3n) is 13.3. The second-order valence-electron chi connectivity index (χ2n) is 15.2. The monoisotopic (exact) mass is 486 g/mol. The molecular formula is C31H50O4. The van der Waals surface area contributed by atoms with E-state index in [-0.39, 0.29) is 39.1 Å². The van der Waals surface area contributed by atoms with E-state index in [1.54, 1.807) is 7.11 Å². The summed E-state index contributed by atoms with van der Waals surface area (Å²) in [6.45, 7) is 15.2. The Hall–Kier alpha value is -0.870. The maximum atomic E-state index is 12.8. The average molecular weight is 487 g/mol. The van der Waals surface area contributed by atoms with Crippen molar-refractivity contribution in [3.05, 3.63) is 11.6 Å². The van der Waals surface area contributed by atoms with Gasteiger partial charge in [-0.1, -0.05) is 53.2 Å². The molecular weight excluding hydrogens is 436 g/mol. The van der Waals surface area contributed by atoms with Crippen molar-refractivity contribution in [1.29, 1.82) is 0 Å². The van der Waals surface area contributed by atoms with E-state index in [0.717, 1.165) is 64.2 Å². The Bertz CT molecular complexity index is 923. The number of rotatable bonds is 3. The summed E-state index contributed by atoms with van der Waals surface area (Å²) < 4.78 is 5.70. The van der Waals surface area contributed by atoms with E-state index in [9.17, 15) is 15.0 Å². The van der Waals surface area contributed by atoms with Crippen LogP contribution in [-0.4, -0.2) is 36.0 Å². The number of allylic oxidation sites excluding steroid dienone is 2. The topological polar surface area (TPSA) is 66.8 Å². The fraction of sp³-hybridized carbons (Fsp3) is 0.903. The second-order valence-corrected chi connectivity index (χ2v) is 15.2. The number of carboxylic acids is 1. The minimum atomic E-state index is -0.572. The Kier molecular flexibility index (Phi) is 5.76. The smallest absolute Gasteiger partial charge is 0.310 e. The molecule has 4 nitrogen and oxygen atoms in total. The molecule has 0 aliphatic heterocycles. The van der Waals surface area contributed by atoms with Crippen LogP contribution in [0.1, 0.15) is 106 Å². The van der Waals surface area contributed by atoms with Crippen LogP contribution in [0.15, 0.2) is 11.6 Å². The molecule has 0 radical (unpaired) electrons. The molecule has 0 aromatic carbocycles. The number of carbonyl (C=O) groups is 1. The van der Waals surface area contributed by atoms with Gasteiger partial charge in [0.05, 0.1) is 18.1 Å². The predicted molar refractivity (Wildman–Crippen MR) is 139 cm³/mol. The Labute approximate surface area is 213 Å². The summed E-state index contributed by atoms with van der Waals surface area (Å²) in [5, 5.41) is 21.7. The van der Waals surface area contributed by atoms with Crippen LogP contribution in [0.5, 0.6) is 0 Å². The lowest BCUT2D eigenvalue weighted by Gasteiger charge is -2.71. The van der Waals surface area contributed by atoms with Gasteiger partial charge in [0, 0.05) is 12.5 Å². The highest BCUT2D eigenvalue weighted by Gasteiger charge is 2.69. The average Bonchev–Trinajstić information content (AvgIpc) is 2.77. The number of methoxy groups -OCH3 is 1. The zero-order valence-corrected chi connectivity index (χ0v) is 23.4. The van der Waals surface area contributed by atoms with Crippen molar-refractivity contribution in [1.82, 2.24) is 0 Å². The Balaban J connectivity index is 1.58. The molecule has 0 amide bonds. The van der Waals surface area contributed by atoms with E-state index in [2.05, 4.69) is 47.6 Å². The molecule has 4 saturated carbocycles. The van der Waals surface area contributed by atoms with Gasteiger partial charge >= 0.3 is 5.97 Å². The van der Waals surface area contributed by atoms with Crippen LogP contribution in [0, 0.1) is 50.2 Å². The highest BCUT2D eigenvalue weighted by molar-refractivity contribution is 5.76. The zero-order valence-electron chi connectivity index (χ0n) is 23.4. The molecule has 5 aliphatic carbocycles. The van der Waals surface area contributed by atoms with E-state index >= 15 is 0 Å². The predicted octanol–water partition coefficient (Wildman–Crippen LogP) is 6.86. The molecule has 0 spiro atoms. The Morgan fingerprint density at radius 3 is 2.31 bits per heavy atom. The number of aliphatic hydroxyl groups excluding tert-OH is 1. The van der Waals surface area contributed by atoms with Gasteiger partial charge in [-0.05, 0) is 104 Å². The standard InChI is InChI=1S/C31H50O4/c1-26(2)14-16-31(25(33)34)17-15-29(5)20(21(31)18-26)8-9-23-27(3)12-11-24(32)28(4,19-35-7)22(27)10-13-30(23,29)6/h8,21-24,32H,9-19H2,1-7H3,(H,33,34)/t21-,22?,23-,24+,27+,28-,29-,30-,31+/m1/s1. The molecule has 2 N–H and O–H groups in total. The number of hydrogen-bond donors (Lipinski definition) is 2. The maximum Gasteiger partial charge on any atom is 0.310 e. The fourth-order valence-electron chi connectivity index (χ4n) is 10.9. The van der Waals surface area contributed by atoms with Gasteiger partial charge in [-0.3, -0.25) is 4.79 Å². The lowest BCUT2D eigenvalue weighted by molar-refractivity contribution is -0.218. The van der Waals surface area contributed by atoms with E-state index in [4.69, 9.17) is 4.74 Å². The summed E-state index contributed by atoms with van der Waals surface area (Å²) in [5.74, 6) is 0.615. The highest BCUT2D eigenvalue weighted by atomic mass is 16.5. The summed E-state index contributed by atoms with van der Waals surface area (Å²) >= 11 is 0. The minimum absolute atomic E-state index is 0.0503. The van der Waals surface area contributed by atoms with Gasteiger partial charge in [0.2, 0.25) is 0 Å². The van der Waals surface area contributed by atoms with Crippen LogP contribution >= 0.6 is 0 Å². The van der Waals surface area contributed by atoms with Crippen LogP contribution in [0.2, 0.25) is 0 Å². The Morgan fingerprint density at radius 2 is 1.66 bits per heavy atom. The van der Waals surface area contributed by atoms with E-state index < -0.39 is 11.4 Å². The van der Waals surface area contributed by atoms with Crippen molar-refractivity contribution in [3.63, 3.8) is 0 Å². The van der Waals surface area contributed by atoms with Gasteiger partial charge in [-0.15, -0.1) is 0 Å². The van der Waals surface area contributed by atoms with Gasteiger partial charge in [-0.2, -0.15) is 0 Å². The normalized spacial score (nSPS) is 52.9. The van der Waals surface area contributed by atoms with Gasteiger partial charge in [0.25, 0.3) is 0 Å². The summed E-state index contributed by atoms with van der Waals surface area (Å²) in [7, 11) is 1.77. The van der Waals surface area contributed by atoms with Crippen LogP contribution in [0.3, 0.4) is 0 Å². The van der Waals surface area contributed by atoms with Crippen molar-refractivity contribution in [2.75, 3.05) is 13.7 Å². The molecule has 5 rings (SSSR count). The van der Waals surface area contributed by atoms with Gasteiger partial charge in [0.1, 0.15) is 0 Å². The molecule has 5 aliphatic rings. The van der Waals surface area contributed by atoms with Crippen molar-refractivity contribution in [2.45, 2.75) is 112 Å². The van der Waals surface area contributed by atoms with Gasteiger partial charge in [-0.25, -0.2) is 0 Å². The van der Waals surface area contributed by atoms with E-state index in [1.165, 1.54) is 5.57 Å². The van der Waals surface area contributed by atoms with Crippen molar-refractivity contribution in [3.8, 4) is 0 Å². The number of hydrogen-bond acceptors (Lipinski definition) is 3. The number of aliphatic carboxylic acids is 1. The first-order valence-electron chi connectivity index (χ1n) is 14.3. The summed E-state index contributed by atoms with van der Waals surface area (Å²) in [6, 6.07) is 0. The third-order valence-corrected chi connectivity index (χ3v) is 13.3. The van der Waals surface area contributed by atoms with Crippen LogP contribution in [-0.2, 0) is 9.53 Å². The molecule has 4 fully saturated rings. The molecule has 0 aromatic rings. The van der Waals surface area contributed by atoms with Crippen LogP contribution in [0.25, 0.3) is 0 Å². The third kappa shape index (κ3) is 3.20. The highest BCUT2D eigenvalue weighted by Crippen LogP contribution is 2.75. The minimum Gasteiger partial charge on any atom is -0.481 e. The van der Waals surface area contributed by atoms with Gasteiger partial charge < -0.3 is 14.9 Å². The van der Waals surface area contributed by atoms with Crippen molar-refractivity contribution >= 4 is 5.97 Å². The fourth-order valence-corrected chi connectivity index (χ4v) is 10.9. The lowest BCUT2D eigenvalue weighted by atomic mass is 9.33. The lowest BCUT2D eigenvalue weighted by Crippen LogP contribution is -2.66. The number of ether oxygens (including phenoxy) is 1. The summed E-state index contributed by atoms with van der Waals surface area (Å²) in [5.41, 5.74) is 1.29. The summed E-state index contributed by atoms with van der Waals surface area (Å²) in [6.07, 6.45) is 12.2. The number of aliphatic hydroxyl groups is 1. The molecule has 9 atom stereocenters. The molecule has 0 saturated heterocycles. The zero-order chi connectivity index (χ0) is 25.7. The van der Waals surface area contributed by atoms with Crippen molar-refractivity contribution in [2.24, 2.45) is 50.2 Å². The molecule has 35 heavy (non-hydrogen) atoms. The second kappa shape index (κ2) is 7.82. The first-order valence-corrected chi connectivity index (χ1v) is 14.3. The Morgan fingerprint density at radius 1 is 0.971 bits per heavy atom. The molecule has 198 valence electrons. The van der Waals surface area contributed by atoms with Crippen LogP contribution in [0.4, 0.5) is 0 Å². The van der Waals surface area contributed by atoms with E-state index in [1.807, 2.05) is 0 Å². The first-order chi connectivity index (χ1) is 16.2. The molecule has 0 aromatic heterocycles. The quantitative estimate of drug-likeness (QED) is 0.428. The number of carboxylic acid groups (broad SMARTS) is 1. The van der Waals surface area contributed by atoms with Gasteiger partial charge in [0.15, 0.2) is 0 Å². The maximum absolute atomic E-state index is 12.8. The first kappa shape index (κ1) is 25.8. The molecule has 4 heteroatoms. The molecule has 0 bridgehead atoms. The molecule has 1 unspecified atom stereocenters. The summed E-state index contributed by atoms with van der Waals surface area (Å²) in [4.78, 5) is 12.8.